The zero-order chi connectivity index (χ0) is 14.3. The summed E-state index contributed by atoms with van der Waals surface area (Å²) in [6, 6.07) is 0. The molecule has 0 atom stereocenters. The first-order chi connectivity index (χ1) is 7.37. The Morgan fingerprint density at radius 3 is 1.47 bits per heavy atom. The highest BCUT2D eigenvalue weighted by Gasteiger charge is 2.24. The second-order valence-corrected chi connectivity index (χ2v) is 17.0. The third-order valence-corrected chi connectivity index (χ3v) is 9.53. The van der Waals surface area contributed by atoms with Crippen molar-refractivity contribution in [1.82, 2.24) is 0 Å². The van der Waals surface area contributed by atoms with Crippen LogP contribution in [0.2, 0.25) is 45.8 Å². The second-order valence-electron chi connectivity index (χ2n) is 5.57. The Morgan fingerprint density at radius 2 is 1.35 bits per heavy atom. The van der Waals surface area contributed by atoms with Crippen molar-refractivity contribution in [1.29, 1.82) is 0 Å². The third-order valence-electron chi connectivity index (χ3n) is 1.21. The first kappa shape index (κ1) is 19.1. The lowest BCUT2D eigenvalue weighted by Gasteiger charge is -2.28. The quantitative estimate of drug-likeness (QED) is 0.626. The van der Waals surface area contributed by atoms with Crippen LogP contribution in [0.5, 0.6) is 0 Å². The number of hydrogen-bond acceptors (Lipinski definition) is 3. The summed E-state index contributed by atoms with van der Waals surface area (Å²) >= 11 is 0. The van der Waals surface area contributed by atoms with Crippen molar-refractivity contribution < 1.29 is 18.1 Å². The van der Waals surface area contributed by atoms with Gasteiger partial charge in [0.15, 0.2) is 16.6 Å². The van der Waals surface area contributed by atoms with Gasteiger partial charge < -0.3 is 13.3 Å². The van der Waals surface area contributed by atoms with Gasteiger partial charge in [0.1, 0.15) is 0 Å². The summed E-state index contributed by atoms with van der Waals surface area (Å²) in [4.78, 5) is 9.25. The van der Waals surface area contributed by atoms with Crippen LogP contribution in [0.15, 0.2) is 12.7 Å². The van der Waals surface area contributed by atoms with Gasteiger partial charge in [0, 0.05) is 6.08 Å². The average Bonchev–Trinajstić information content (AvgIpc) is 1.97. The van der Waals surface area contributed by atoms with E-state index in [4.69, 9.17) is 13.3 Å². The van der Waals surface area contributed by atoms with E-state index in [9.17, 15) is 4.79 Å². The van der Waals surface area contributed by atoms with Gasteiger partial charge in [-0.15, -0.1) is 0 Å². The van der Waals surface area contributed by atoms with E-state index in [2.05, 4.69) is 52.4 Å². The van der Waals surface area contributed by atoms with Crippen LogP contribution in [0.1, 0.15) is 0 Å². The maximum atomic E-state index is 9.25. The zero-order valence-electron chi connectivity index (χ0n) is 12.0. The fraction of sp³-hybridized carbons (Fsp3) is 0.700. The predicted octanol–water partition coefficient (Wildman–Crippen LogP) is 2.80. The van der Waals surface area contributed by atoms with E-state index in [-0.39, 0.29) is 0 Å². The Morgan fingerprint density at radius 1 is 1.12 bits per heavy atom. The van der Waals surface area contributed by atoms with Crippen LogP contribution < -0.4 is 0 Å². The Labute approximate surface area is 109 Å². The number of hydrogen-bond donors (Lipinski definition) is 1. The number of carbonyl (C=O) groups is 1. The standard InChI is InChI=1S/C7H22O2Si3.C3H4O2/c1-10(8-11(2,3)4)9-12(5,6)7;1-2-3(4)5/h10H,1-7H3;2H,1H2,(H,4,5). The van der Waals surface area contributed by atoms with E-state index in [0.29, 0.717) is 0 Å². The molecular weight excluding hydrogens is 268 g/mol. The van der Waals surface area contributed by atoms with Crippen molar-refractivity contribution in [3.05, 3.63) is 12.7 Å². The van der Waals surface area contributed by atoms with Gasteiger partial charge in [0.2, 0.25) is 0 Å². The molecule has 17 heavy (non-hydrogen) atoms. The molecule has 102 valence electrons. The van der Waals surface area contributed by atoms with E-state index in [1.54, 1.807) is 0 Å². The molecule has 0 radical (unpaired) electrons. The fourth-order valence-corrected chi connectivity index (χ4v) is 9.61. The van der Waals surface area contributed by atoms with Crippen LogP contribution >= 0.6 is 0 Å². The molecule has 0 amide bonds. The molecule has 0 saturated carbocycles. The van der Waals surface area contributed by atoms with Gasteiger partial charge in [-0.05, 0) is 45.8 Å². The van der Waals surface area contributed by atoms with Crippen LogP contribution in [0.25, 0.3) is 0 Å². The molecule has 0 rings (SSSR count). The summed E-state index contributed by atoms with van der Waals surface area (Å²) in [5.41, 5.74) is 0. The summed E-state index contributed by atoms with van der Waals surface area (Å²) in [5.74, 6) is -0.981. The number of aliphatic carboxylic acids is 1. The zero-order valence-corrected chi connectivity index (χ0v) is 15.2. The molecule has 1 N–H and O–H groups in total. The molecule has 0 heterocycles. The summed E-state index contributed by atoms with van der Waals surface area (Å²) in [6.07, 6.45) is 0.833. The van der Waals surface area contributed by atoms with E-state index >= 15 is 0 Å². The summed E-state index contributed by atoms with van der Waals surface area (Å²) in [6.45, 7) is 18.4. The number of carboxylic acids is 1. The molecular formula is C10H26O4Si3. The number of rotatable bonds is 5. The lowest BCUT2D eigenvalue weighted by atomic mass is 10.7. The van der Waals surface area contributed by atoms with Crippen LogP contribution in [0.4, 0.5) is 0 Å². The second kappa shape index (κ2) is 7.98. The highest BCUT2D eigenvalue weighted by molar-refractivity contribution is 6.80. The minimum atomic E-state index is -1.36. The van der Waals surface area contributed by atoms with E-state index in [1.165, 1.54) is 0 Å². The minimum absolute atomic E-state index is 0.833. The maximum Gasteiger partial charge on any atom is 0.327 e. The monoisotopic (exact) mass is 294 g/mol. The highest BCUT2D eigenvalue weighted by Crippen LogP contribution is 2.10. The molecule has 0 aliphatic carbocycles. The van der Waals surface area contributed by atoms with Gasteiger partial charge in [-0.3, -0.25) is 0 Å². The number of carboxylic acid groups (broad SMARTS) is 1. The molecule has 0 aromatic heterocycles. The van der Waals surface area contributed by atoms with Crippen molar-refractivity contribution in [2.45, 2.75) is 45.8 Å². The molecule has 0 aromatic carbocycles. The topological polar surface area (TPSA) is 55.8 Å². The van der Waals surface area contributed by atoms with Crippen molar-refractivity contribution in [3.8, 4) is 0 Å². The predicted molar refractivity (Wildman–Crippen MR) is 79.7 cm³/mol. The highest BCUT2D eigenvalue weighted by atomic mass is 28.4. The maximum absolute atomic E-state index is 9.25. The fourth-order valence-electron chi connectivity index (χ4n) is 1.02. The Kier molecular flexibility index (Phi) is 8.98. The SMILES string of the molecule is C=CC(=O)O.C[SiH](O[Si](C)(C)C)O[Si](C)(C)C. The van der Waals surface area contributed by atoms with Gasteiger partial charge in [-0.25, -0.2) is 4.79 Å². The van der Waals surface area contributed by atoms with Crippen molar-refractivity contribution in [2.75, 3.05) is 0 Å². The molecule has 0 saturated heterocycles. The van der Waals surface area contributed by atoms with Gasteiger partial charge in [-0.2, -0.15) is 0 Å². The normalized spacial score (nSPS) is 11.8. The molecule has 0 bridgehead atoms. The molecule has 0 aromatic rings. The van der Waals surface area contributed by atoms with E-state index < -0.39 is 31.9 Å². The molecule has 7 heteroatoms. The van der Waals surface area contributed by atoms with Crippen molar-refractivity contribution >= 4 is 31.9 Å². The molecule has 0 aliphatic rings. The van der Waals surface area contributed by atoms with Crippen LogP contribution in [0, 0.1) is 0 Å². The van der Waals surface area contributed by atoms with Crippen LogP contribution in [-0.4, -0.2) is 37.0 Å². The minimum Gasteiger partial charge on any atom is -0.478 e. The van der Waals surface area contributed by atoms with E-state index in [0.717, 1.165) is 6.08 Å². The third kappa shape index (κ3) is 21.6. The first-order valence-electron chi connectivity index (χ1n) is 5.58. The van der Waals surface area contributed by atoms with Crippen LogP contribution in [-0.2, 0) is 13.0 Å². The average molecular weight is 295 g/mol. The molecule has 0 fully saturated rings. The van der Waals surface area contributed by atoms with Gasteiger partial charge in [0.05, 0.1) is 0 Å². The Balaban J connectivity index is 0. The van der Waals surface area contributed by atoms with Crippen LogP contribution in [0.3, 0.4) is 0 Å². The molecule has 0 spiro atoms. The molecule has 0 unspecified atom stereocenters. The lowest BCUT2D eigenvalue weighted by Crippen LogP contribution is -2.41. The first-order valence-corrected chi connectivity index (χ1v) is 14.5. The smallest absolute Gasteiger partial charge is 0.327 e. The summed E-state index contributed by atoms with van der Waals surface area (Å²) in [5, 5.41) is 7.60. The summed E-state index contributed by atoms with van der Waals surface area (Å²) in [7, 11) is -4.05. The lowest BCUT2D eigenvalue weighted by molar-refractivity contribution is -0.131. The van der Waals surface area contributed by atoms with Crippen molar-refractivity contribution in [2.24, 2.45) is 0 Å². The van der Waals surface area contributed by atoms with Gasteiger partial charge >= 0.3 is 5.97 Å². The Hall–Kier alpha value is -0.219. The van der Waals surface area contributed by atoms with E-state index in [1.807, 2.05) is 0 Å². The molecule has 4 nitrogen and oxygen atoms in total. The van der Waals surface area contributed by atoms with Gasteiger partial charge in [-0.1, -0.05) is 6.58 Å². The largest absolute Gasteiger partial charge is 0.478 e. The summed E-state index contributed by atoms with van der Waals surface area (Å²) < 4.78 is 11.8. The van der Waals surface area contributed by atoms with Gasteiger partial charge in [0.25, 0.3) is 9.28 Å². The molecule has 0 aliphatic heterocycles. The Bertz CT molecular complexity index is 227. The van der Waals surface area contributed by atoms with Crippen molar-refractivity contribution in [3.63, 3.8) is 0 Å².